The fourth-order valence-electron chi connectivity index (χ4n) is 2.82. The Hall–Kier alpha value is -3.61. The van der Waals surface area contributed by atoms with Crippen molar-refractivity contribution < 1.29 is 21.8 Å². The summed E-state index contributed by atoms with van der Waals surface area (Å²) in [6.07, 6.45) is 0. The highest BCUT2D eigenvalue weighted by atomic mass is 32.2. The lowest BCUT2D eigenvalue weighted by Crippen LogP contribution is -2.19. The van der Waals surface area contributed by atoms with Crippen molar-refractivity contribution in [2.24, 2.45) is 10.2 Å². The lowest BCUT2D eigenvalue weighted by atomic mass is 10.1. The van der Waals surface area contributed by atoms with Crippen molar-refractivity contribution in [1.82, 2.24) is 0 Å². The van der Waals surface area contributed by atoms with Crippen LogP contribution in [0.1, 0.15) is 11.1 Å². The van der Waals surface area contributed by atoms with Gasteiger partial charge in [0.15, 0.2) is 9.84 Å². The average molecular weight is 489 g/mol. The molecule has 0 aromatic heterocycles. The summed E-state index contributed by atoms with van der Waals surface area (Å²) in [6.45, 7) is 1.84. The second kappa shape index (κ2) is 9.48. The van der Waals surface area contributed by atoms with Crippen LogP contribution in [0, 0.1) is 17.0 Å². The molecule has 0 amide bonds. The van der Waals surface area contributed by atoms with Gasteiger partial charge in [-0.3, -0.25) is 15.5 Å². The summed E-state index contributed by atoms with van der Waals surface area (Å²) < 4.78 is 48.7. The number of anilines is 1. The maximum absolute atomic E-state index is 13.0. The Bertz CT molecular complexity index is 1400. The third kappa shape index (κ3) is 6.22. The predicted molar refractivity (Wildman–Crippen MR) is 124 cm³/mol. The van der Waals surface area contributed by atoms with Gasteiger partial charge in [-0.1, -0.05) is 17.7 Å². The van der Waals surface area contributed by atoms with E-state index in [1.807, 2.05) is 6.92 Å². The monoisotopic (exact) mass is 488 g/mol. The van der Waals surface area contributed by atoms with Crippen LogP contribution >= 0.6 is 0 Å². The number of non-ortho nitro benzene ring substituents is 1. The van der Waals surface area contributed by atoms with Gasteiger partial charge >= 0.3 is 0 Å². The van der Waals surface area contributed by atoms with E-state index < -0.39 is 30.5 Å². The first-order valence-electron chi connectivity index (χ1n) is 9.45. The van der Waals surface area contributed by atoms with E-state index in [4.69, 9.17) is 5.14 Å². The second-order valence-electron chi connectivity index (χ2n) is 7.12. The smallest absolute Gasteiger partial charge is 0.269 e. The molecule has 3 aromatic rings. The van der Waals surface area contributed by atoms with Crippen molar-refractivity contribution in [3.8, 4) is 0 Å². The molecule has 0 heterocycles. The van der Waals surface area contributed by atoms with Crippen LogP contribution in [0.3, 0.4) is 0 Å². The second-order valence-corrected chi connectivity index (χ2v) is 10.7. The maximum atomic E-state index is 13.0. The van der Waals surface area contributed by atoms with Gasteiger partial charge in [0.1, 0.15) is 0 Å². The maximum Gasteiger partial charge on any atom is 0.269 e. The Morgan fingerprint density at radius 1 is 0.909 bits per heavy atom. The molecule has 0 aliphatic carbocycles. The van der Waals surface area contributed by atoms with E-state index in [0.29, 0.717) is 11.3 Å². The van der Waals surface area contributed by atoms with Crippen LogP contribution in [-0.2, 0) is 19.9 Å². The summed E-state index contributed by atoms with van der Waals surface area (Å²) in [6, 6.07) is 17.1. The molecule has 0 radical (unpaired) electrons. The van der Waals surface area contributed by atoms with E-state index in [9.17, 15) is 26.9 Å². The van der Waals surface area contributed by atoms with E-state index in [-0.39, 0.29) is 21.2 Å². The van der Waals surface area contributed by atoms with Gasteiger partial charge in [0.2, 0.25) is 10.0 Å². The summed E-state index contributed by atoms with van der Waals surface area (Å²) in [5.41, 5.74) is 4.32. The van der Waals surface area contributed by atoms with Gasteiger partial charge in [-0.2, -0.15) is 5.10 Å². The van der Waals surface area contributed by atoms with Crippen molar-refractivity contribution in [2.75, 3.05) is 11.2 Å². The summed E-state index contributed by atoms with van der Waals surface area (Å²) in [5, 5.41) is 20.2. The summed E-state index contributed by atoms with van der Waals surface area (Å²) in [7, 11) is -7.64. The predicted octanol–water partition coefficient (Wildman–Crippen LogP) is 2.84. The molecular formula is C21H20N4O6S2. The minimum Gasteiger partial charge on any atom is -0.278 e. The molecule has 0 bridgehead atoms. The van der Waals surface area contributed by atoms with Crippen molar-refractivity contribution in [3.05, 3.63) is 94.0 Å². The lowest BCUT2D eigenvalue weighted by Gasteiger charge is -2.10. The van der Waals surface area contributed by atoms with Crippen LogP contribution in [0.4, 0.5) is 11.4 Å². The van der Waals surface area contributed by atoms with Crippen LogP contribution in [0.25, 0.3) is 0 Å². The number of rotatable bonds is 8. The average Bonchev–Trinajstić information content (AvgIpc) is 2.76. The standard InChI is InChI=1S/C21H20N4O6S2/c1-15-2-10-19(11-3-15)32(28,29)14-21(16-4-8-18(9-5-16)25(26)27)24-23-17-6-12-20(13-7-17)33(22,30)31/h2-13,23H,14H2,1H3,(H2,22,30,31)/b24-21+. The summed E-state index contributed by atoms with van der Waals surface area (Å²) in [4.78, 5) is 10.4. The number of nitrogens with one attached hydrogen (secondary N) is 1. The minimum atomic E-state index is -3.86. The molecule has 10 nitrogen and oxygen atoms in total. The van der Waals surface area contributed by atoms with Crippen LogP contribution in [-0.4, -0.2) is 33.2 Å². The Kier molecular flexibility index (Phi) is 6.91. The van der Waals surface area contributed by atoms with Gasteiger partial charge in [-0.25, -0.2) is 22.0 Å². The SMILES string of the molecule is Cc1ccc(S(=O)(=O)C/C(=N\Nc2ccc(S(N)(=O)=O)cc2)c2ccc([N+](=O)[O-])cc2)cc1. The first-order valence-corrected chi connectivity index (χ1v) is 12.7. The lowest BCUT2D eigenvalue weighted by molar-refractivity contribution is -0.384. The molecule has 0 unspecified atom stereocenters. The normalized spacial score (nSPS) is 12.4. The molecule has 172 valence electrons. The number of nitrogens with zero attached hydrogens (tertiary/aromatic N) is 2. The van der Waals surface area contributed by atoms with Gasteiger partial charge < -0.3 is 0 Å². The first kappa shape index (κ1) is 24.0. The van der Waals surface area contributed by atoms with Gasteiger partial charge in [-0.15, -0.1) is 0 Å². The number of sulfonamides is 1. The third-order valence-corrected chi connectivity index (χ3v) is 7.19. The van der Waals surface area contributed by atoms with Crippen LogP contribution in [0.15, 0.2) is 87.7 Å². The van der Waals surface area contributed by atoms with E-state index in [1.165, 1.54) is 60.7 Å². The molecule has 3 rings (SSSR count). The molecule has 0 saturated carbocycles. The number of nitro groups is 1. The van der Waals surface area contributed by atoms with E-state index in [2.05, 4.69) is 10.5 Å². The zero-order valence-electron chi connectivity index (χ0n) is 17.4. The van der Waals surface area contributed by atoms with Crippen LogP contribution < -0.4 is 10.6 Å². The Morgan fingerprint density at radius 3 is 1.97 bits per heavy atom. The van der Waals surface area contributed by atoms with Crippen molar-refractivity contribution in [1.29, 1.82) is 0 Å². The number of hydrogen-bond acceptors (Lipinski definition) is 8. The summed E-state index contributed by atoms with van der Waals surface area (Å²) >= 11 is 0. The number of nitrogens with two attached hydrogens (primary N) is 1. The van der Waals surface area contributed by atoms with Gasteiger partial charge in [0, 0.05) is 12.1 Å². The number of nitro benzene ring substituents is 1. The number of hydrazone groups is 1. The van der Waals surface area contributed by atoms with Crippen molar-refractivity contribution in [3.63, 3.8) is 0 Å². The van der Waals surface area contributed by atoms with Crippen LogP contribution in [0.2, 0.25) is 0 Å². The van der Waals surface area contributed by atoms with Gasteiger partial charge in [0.25, 0.3) is 5.69 Å². The van der Waals surface area contributed by atoms with Crippen molar-refractivity contribution in [2.45, 2.75) is 16.7 Å². The number of benzene rings is 3. The highest BCUT2D eigenvalue weighted by Gasteiger charge is 2.20. The summed E-state index contributed by atoms with van der Waals surface area (Å²) in [5.74, 6) is -0.476. The molecule has 33 heavy (non-hydrogen) atoms. The van der Waals surface area contributed by atoms with Crippen LogP contribution in [0.5, 0.6) is 0 Å². The number of primary sulfonamides is 1. The molecule has 0 saturated heterocycles. The van der Waals surface area contributed by atoms with E-state index >= 15 is 0 Å². The van der Waals surface area contributed by atoms with E-state index in [1.54, 1.807) is 12.1 Å². The molecule has 0 atom stereocenters. The minimum absolute atomic E-state index is 0.0884. The highest BCUT2D eigenvalue weighted by Crippen LogP contribution is 2.18. The van der Waals surface area contributed by atoms with Crippen molar-refractivity contribution >= 4 is 36.9 Å². The molecule has 3 aromatic carbocycles. The third-order valence-electron chi connectivity index (χ3n) is 4.62. The molecule has 0 fully saturated rings. The largest absolute Gasteiger partial charge is 0.278 e. The molecule has 0 spiro atoms. The first-order chi connectivity index (χ1) is 15.5. The fraction of sp³-hybridized carbons (Fsp3) is 0.0952. The fourth-order valence-corrected chi connectivity index (χ4v) is 4.64. The number of aryl methyl sites for hydroxylation is 1. The molecule has 0 aliphatic rings. The van der Waals surface area contributed by atoms with Gasteiger partial charge in [0.05, 0.1) is 31.9 Å². The Balaban J connectivity index is 1.95. The highest BCUT2D eigenvalue weighted by molar-refractivity contribution is 7.92. The number of sulfone groups is 1. The zero-order valence-corrected chi connectivity index (χ0v) is 19.0. The van der Waals surface area contributed by atoms with E-state index in [0.717, 1.165) is 5.56 Å². The Morgan fingerprint density at radius 2 is 1.45 bits per heavy atom. The zero-order chi connectivity index (χ0) is 24.2. The molecular weight excluding hydrogens is 468 g/mol. The quantitative estimate of drug-likeness (QED) is 0.280. The molecule has 0 aliphatic heterocycles. The Labute approximate surface area is 190 Å². The molecule has 12 heteroatoms. The number of hydrogen-bond donors (Lipinski definition) is 2. The molecule has 3 N–H and O–H groups in total. The topological polar surface area (TPSA) is 162 Å². The van der Waals surface area contributed by atoms with Gasteiger partial charge in [-0.05, 0) is 61.0 Å².